The third-order valence-corrected chi connectivity index (χ3v) is 7.23. The Hall–Kier alpha value is -2.90. The zero-order chi connectivity index (χ0) is 22.5. The second-order valence-corrected chi connectivity index (χ2v) is 9.71. The zero-order valence-corrected chi connectivity index (χ0v) is 20.1. The largest absolute Gasteiger partial charge is 0.355 e. The first-order valence-electron chi connectivity index (χ1n) is 10.5. The number of carbonyl (C=O) groups is 1. The Bertz CT molecular complexity index is 1200. The van der Waals surface area contributed by atoms with Crippen LogP contribution >= 0.6 is 23.1 Å². The van der Waals surface area contributed by atoms with Crippen molar-refractivity contribution in [1.29, 1.82) is 0 Å². The molecule has 32 heavy (non-hydrogen) atoms. The highest BCUT2D eigenvalue weighted by Crippen LogP contribution is 2.38. The standard InChI is InChI=1S/C25H26N4OS2/c1-17-9-11-20(12-10-17)23-18(2)31-15-21(23)24-27-28-25(29(24)3)32-16-22(30)26-14-13-19-7-5-4-6-8-19/h4-12,15H,13-14,16H2,1-3H3,(H,26,30). The van der Waals surface area contributed by atoms with Gasteiger partial charge in [-0.25, -0.2) is 0 Å². The summed E-state index contributed by atoms with van der Waals surface area (Å²) < 4.78 is 1.97. The summed E-state index contributed by atoms with van der Waals surface area (Å²) in [6.45, 7) is 4.85. The van der Waals surface area contributed by atoms with Crippen molar-refractivity contribution in [2.24, 2.45) is 7.05 Å². The van der Waals surface area contributed by atoms with E-state index in [1.165, 1.54) is 38.9 Å². The van der Waals surface area contributed by atoms with E-state index in [1.54, 1.807) is 11.3 Å². The molecule has 2 aromatic heterocycles. The summed E-state index contributed by atoms with van der Waals surface area (Å²) in [6.07, 6.45) is 0.824. The summed E-state index contributed by atoms with van der Waals surface area (Å²) in [5, 5.41) is 14.7. The molecule has 0 spiro atoms. The lowest BCUT2D eigenvalue weighted by Gasteiger charge is -2.08. The van der Waals surface area contributed by atoms with Crippen LogP contribution in [-0.4, -0.2) is 33.0 Å². The quantitative estimate of drug-likeness (QED) is 0.362. The van der Waals surface area contributed by atoms with Crippen LogP contribution in [0, 0.1) is 13.8 Å². The number of hydrogen-bond donors (Lipinski definition) is 1. The molecule has 4 rings (SSSR count). The van der Waals surface area contributed by atoms with Gasteiger partial charge in [0.15, 0.2) is 11.0 Å². The van der Waals surface area contributed by atoms with Crippen molar-refractivity contribution >= 4 is 29.0 Å². The van der Waals surface area contributed by atoms with E-state index in [0.29, 0.717) is 12.3 Å². The maximum Gasteiger partial charge on any atom is 0.230 e. The number of thiophene rings is 1. The van der Waals surface area contributed by atoms with Gasteiger partial charge in [0.05, 0.1) is 5.75 Å². The van der Waals surface area contributed by atoms with Gasteiger partial charge in [-0.3, -0.25) is 4.79 Å². The molecule has 164 valence electrons. The molecule has 7 heteroatoms. The fourth-order valence-electron chi connectivity index (χ4n) is 3.55. The lowest BCUT2D eigenvalue weighted by molar-refractivity contribution is -0.118. The third kappa shape index (κ3) is 5.11. The second kappa shape index (κ2) is 10.1. The van der Waals surface area contributed by atoms with Gasteiger partial charge in [-0.1, -0.05) is 71.9 Å². The maximum atomic E-state index is 12.3. The normalized spacial score (nSPS) is 11.0. The first-order valence-corrected chi connectivity index (χ1v) is 12.4. The number of nitrogens with one attached hydrogen (secondary N) is 1. The molecule has 0 saturated carbocycles. The van der Waals surface area contributed by atoms with Gasteiger partial charge in [-0.05, 0) is 31.4 Å². The van der Waals surface area contributed by atoms with E-state index in [4.69, 9.17) is 0 Å². The lowest BCUT2D eigenvalue weighted by Crippen LogP contribution is -2.27. The number of carbonyl (C=O) groups excluding carboxylic acids is 1. The number of rotatable bonds is 8. The van der Waals surface area contributed by atoms with Gasteiger partial charge in [0.2, 0.25) is 5.91 Å². The van der Waals surface area contributed by atoms with Crippen molar-refractivity contribution in [3.8, 4) is 22.5 Å². The van der Waals surface area contributed by atoms with Gasteiger partial charge in [0.25, 0.3) is 0 Å². The number of nitrogens with zero attached hydrogens (tertiary/aromatic N) is 3. The summed E-state index contributed by atoms with van der Waals surface area (Å²) in [6, 6.07) is 18.7. The van der Waals surface area contributed by atoms with E-state index in [9.17, 15) is 4.79 Å². The van der Waals surface area contributed by atoms with Gasteiger partial charge >= 0.3 is 0 Å². The Morgan fingerprint density at radius 1 is 1.06 bits per heavy atom. The fraction of sp³-hybridized carbons (Fsp3) is 0.240. The molecule has 0 fully saturated rings. The highest BCUT2D eigenvalue weighted by atomic mass is 32.2. The van der Waals surface area contributed by atoms with E-state index >= 15 is 0 Å². The lowest BCUT2D eigenvalue weighted by atomic mass is 10.0. The Balaban J connectivity index is 1.41. The average Bonchev–Trinajstić information content (AvgIpc) is 3.35. The van der Waals surface area contributed by atoms with Gasteiger partial charge in [0.1, 0.15) is 0 Å². The number of amides is 1. The topological polar surface area (TPSA) is 59.8 Å². The maximum absolute atomic E-state index is 12.3. The first kappa shape index (κ1) is 22.3. The van der Waals surface area contributed by atoms with Crippen LogP contribution in [-0.2, 0) is 18.3 Å². The van der Waals surface area contributed by atoms with Crippen LogP contribution in [0.15, 0.2) is 65.1 Å². The van der Waals surface area contributed by atoms with Crippen LogP contribution < -0.4 is 5.32 Å². The van der Waals surface area contributed by atoms with E-state index < -0.39 is 0 Å². The van der Waals surface area contributed by atoms with Crippen LogP contribution in [0.25, 0.3) is 22.5 Å². The smallest absolute Gasteiger partial charge is 0.230 e. The molecule has 4 aromatic rings. The minimum Gasteiger partial charge on any atom is -0.355 e. The summed E-state index contributed by atoms with van der Waals surface area (Å²) >= 11 is 3.12. The van der Waals surface area contributed by atoms with Gasteiger partial charge in [0, 0.05) is 35.0 Å². The molecule has 1 N–H and O–H groups in total. The average molecular weight is 463 g/mol. The molecular weight excluding hydrogens is 436 g/mol. The number of thioether (sulfide) groups is 1. The summed E-state index contributed by atoms with van der Waals surface area (Å²) in [5.41, 5.74) is 5.90. The Morgan fingerprint density at radius 3 is 2.56 bits per heavy atom. The van der Waals surface area contributed by atoms with Crippen molar-refractivity contribution < 1.29 is 4.79 Å². The molecule has 0 atom stereocenters. The molecule has 0 saturated heterocycles. The molecule has 0 aliphatic rings. The summed E-state index contributed by atoms with van der Waals surface area (Å²) in [7, 11) is 1.96. The molecule has 2 aromatic carbocycles. The van der Waals surface area contributed by atoms with Crippen LogP contribution in [0.1, 0.15) is 16.0 Å². The number of benzene rings is 2. The molecule has 0 aliphatic carbocycles. The van der Waals surface area contributed by atoms with Crippen LogP contribution in [0.5, 0.6) is 0 Å². The highest BCUT2D eigenvalue weighted by molar-refractivity contribution is 7.99. The zero-order valence-electron chi connectivity index (χ0n) is 18.5. The minimum atomic E-state index is 0.00204. The van der Waals surface area contributed by atoms with E-state index in [0.717, 1.165) is 23.0 Å². The Labute approximate surface area is 196 Å². The number of aryl methyl sites for hydroxylation is 2. The minimum absolute atomic E-state index is 0.00204. The first-order chi connectivity index (χ1) is 15.5. The van der Waals surface area contributed by atoms with Gasteiger partial charge in [-0.2, -0.15) is 0 Å². The van der Waals surface area contributed by atoms with E-state index in [1.807, 2.05) is 29.8 Å². The van der Waals surface area contributed by atoms with Crippen molar-refractivity contribution in [2.75, 3.05) is 12.3 Å². The SMILES string of the molecule is Cc1ccc(-c2c(-c3nnc(SCC(=O)NCCc4ccccc4)n3C)csc2C)cc1. The summed E-state index contributed by atoms with van der Waals surface area (Å²) in [4.78, 5) is 13.5. The van der Waals surface area contributed by atoms with Crippen molar-refractivity contribution in [3.05, 3.63) is 76.0 Å². The van der Waals surface area contributed by atoms with E-state index in [2.05, 4.69) is 71.1 Å². The predicted octanol–water partition coefficient (Wildman–Crippen LogP) is 5.28. The highest BCUT2D eigenvalue weighted by Gasteiger charge is 2.19. The predicted molar refractivity (Wildman–Crippen MR) is 133 cm³/mol. The van der Waals surface area contributed by atoms with Crippen molar-refractivity contribution in [2.45, 2.75) is 25.4 Å². The van der Waals surface area contributed by atoms with Crippen molar-refractivity contribution in [1.82, 2.24) is 20.1 Å². The monoisotopic (exact) mass is 462 g/mol. The second-order valence-electron chi connectivity index (χ2n) is 7.69. The molecule has 1 amide bonds. The third-order valence-electron chi connectivity index (χ3n) is 5.30. The van der Waals surface area contributed by atoms with Gasteiger partial charge in [-0.15, -0.1) is 21.5 Å². The molecule has 0 radical (unpaired) electrons. The van der Waals surface area contributed by atoms with Crippen LogP contribution in [0.2, 0.25) is 0 Å². The number of aromatic nitrogens is 3. The number of hydrogen-bond acceptors (Lipinski definition) is 5. The Morgan fingerprint density at radius 2 is 1.81 bits per heavy atom. The molecule has 5 nitrogen and oxygen atoms in total. The molecule has 0 bridgehead atoms. The van der Waals surface area contributed by atoms with Crippen LogP contribution in [0.4, 0.5) is 0 Å². The summed E-state index contributed by atoms with van der Waals surface area (Å²) in [5.74, 6) is 1.13. The Kier molecular flexibility index (Phi) is 7.07. The fourth-order valence-corrected chi connectivity index (χ4v) is 5.15. The van der Waals surface area contributed by atoms with Gasteiger partial charge < -0.3 is 9.88 Å². The van der Waals surface area contributed by atoms with E-state index in [-0.39, 0.29) is 5.91 Å². The van der Waals surface area contributed by atoms with Crippen LogP contribution in [0.3, 0.4) is 0 Å². The molecule has 0 unspecified atom stereocenters. The molecular formula is C25H26N4OS2. The molecule has 2 heterocycles. The van der Waals surface area contributed by atoms with Crippen molar-refractivity contribution in [3.63, 3.8) is 0 Å². The molecule has 0 aliphatic heterocycles.